The Hall–Kier alpha value is -1.49. The molecule has 0 radical (unpaired) electrons. The molecule has 0 aromatic carbocycles. The molecule has 5 nitrogen and oxygen atoms in total. The van der Waals surface area contributed by atoms with E-state index in [1.54, 1.807) is 0 Å². The van der Waals surface area contributed by atoms with E-state index < -0.39 is 0 Å². The average Bonchev–Trinajstić information content (AvgIpc) is 2.95. The molecule has 0 saturated carbocycles. The van der Waals surface area contributed by atoms with E-state index in [4.69, 9.17) is 9.97 Å². The molecule has 0 aliphatic carbocycles. The number of fused-ring (bicyclic) bond motifs is 1. The second-order valence-corrected chi connectivity index (χ2v) is 6.56. The Balaban J connectivity index is 2.01. The minimum atomic E-state index is 0.199. The van der Waals surface area contributed by atoms with Gasteiger partial charge in [0.1, 0.15) is 11.6 Å². The lowest BCUT2D eigenvalue weighted by Gasteiger charge is -2.31. The van der Waals surface area contributed by atoms with Crippen molar-refractivity contribution < 1.29 is 4.79 Å². The lowest BCUT2D eigenvalue weighted by molar-refractivity contribution is -0.119. The van der Waals surface area contributed by atoms with Gasteiger partial charge in [0.25, 0.3) is 0 Å². The van der Waals surface area contributed by atoms with E-state index in [1.807, 2.05) is 4.90 Å². The second-order valence-electron chi connectivity index (χ2n) is 6.56. The summed E-state index contributed by atoms with van der Waals surface area (Å²) in [5.74, 6) is 2.79. The maximum absolute atomic E-state index is 12.3. The van der Waals surface area contributed by atoms with Gasteiger partial charge >= 0.3 is 0 Å². The summed E-state index contributed by atoms with van der Waals surface area (Å²) in [5, 5.41) is 3.36. The predicted molar refractivity (Wildman–Crippen MR) is 82.5 cm³/mol. The Bertz CT molecular complexity index is 549. The molecule has 2 aliphatic heterocycles. The Kier molecular flexibility index (Phi) is 3.93. The SMILES string of the molecule is Cc1nc([C@H]2CCNC2)nc2c1CCC(=O)N2CC(C)C. The molecule has 1 N–H and O–H groups in total. The van der Waals surface area contributed by atoms with Crippen LogP contribution < -0.4 is 10.2 Å². The van der Waals surface area contributed by atoms with Gasteiger partial charge in [-0.1, -0.05) is 13.8 Å². The molecular weight excluding hydrogens is 264 g/mol. The first-order chi connectivity index (χ1) is 10.1. The molecule has 21 heavy (non-hydrogen) atoms. The molecule has 1 aromatic heterocycles. The third kappa shape index (κ3) is 2.79. The lowest BCUT2D eigenvalue weighted by atomic mass is 10.0. The number of carbonyl (C=O) groups is 1. The summed E-state index contributed by atoms with van der Waals surface area (Å²) in [7, 11) is 0. The summed E-state index contributed by atoms with van der Waals surface area (Å²) in [6.45, 7) is 9.03. The van der Waals surface area contributed by atoms with Crippen molar-refractivity contribution in [1.82, 2.24) is 15.3 Å². The van der Waals surface area contributed by atoms with Crippen LogP contribution in [-0.4, -0.2) is 35.5 Å². The second kappa shape index (κ2) is 5.72. The van der Waals surface area contributed by atoms with Crippen molar-refractivity contribution >= 4 is 11.7 Å². The molecule has 0 spiro atoms. The Morgan fingerprint density at radius 3 is 2.81 bits per heavy atom. The summed E-state index contributed by atoms with van der Waals surface area (Å²) in [5.41, 5.74) is 2.20. The minimum Gasteiger partial charge on any atom is -0.316 e. The topological polar surface area (TPSA) is 58.1 Å². The molecule has 1 aromatic rings. The Labute approximate surface area is 126 Å². The maximum atomic E-state index is 12.3. The number of amides is 1. The molecule has 1 atom stereocenters. The Morgan fingerprint density at radius 2 is 2.14 bits per heavy atom. The first-order valence-electron chi connectivity index (χ1n) is 7.94. The molecule has 2 aliphatic rings. The van der Waals surface area contributed by atoms with Crippen molar-refractivity contribution in [1.29, 1.82) is 0 Å². The van der Waals surface area contributed by atoms with E-state index in [2.05, 4.69) is 26.1 Å². The van der Waals surface area contributed by atoms with Crippen LogP contribution in [0.3, 0.4) is 0 Å². The number of hydrogen-bond donors (Lipinski definition) is 1. The van der Waals surface area contributed by atoms with E-state index in [9.17, 15) is 4.79 Å². The number of hydrogen-bond acceptors (Lipinski definition) is 4. The van der Waals surface area contributed by atoms with Gasteiger partial charge in [0.2, 0.25) is 5.91 Å². The molecule has 0 unspecified atom stereocenters. The van der Waals surface area contributed by atoms with Crippen LogP contribution in [0.1, 0.15) is 49.7 Å². The van der Waals surface area contributed by atoms with E-state index in [0.717, 1.165) is 55.4 Å². The number of carbonyl (C=O) groups excluding carboxylic acids is 1. The normalized spacial score (nSPS) is 22.0. The zero-order valence-electron chi connectivity index (χ0n) is 13.1. The number of anilines is 1. The molecule has 1 saturated heterocycles. The van der Waals surface area contributed by atoms with Gasteiger partial charge < -0.3 is 5.32 Å². The van der Waals surface area contributed by atoms with Crippen LogP contribution in [0.2, 0.25) is 0 Å². The summed E-state index contributed by atoms with van der Waals surface area (Å²) in [4.78, 5) is 23.7. The largest absolute Gasteiger partial charge is 0.316 e. The quantitative estimate of drug-likeness (QED) is 0.921. The summed E-state index contributed by atoms with van der Waals surface area (Å²) in [6, 6.07) is 0. The van der Waals surface area contributed by atoms with Crippen LogP contribution in [0.5, 0.6) is 0 Å². The molecule has 1 amide bonds. The van der Waals surface area contributed by atoms with Gasteiger partial charge in [0.15, 0.2) is 0 Å². The number of aryl methyl sites for hydroxylation is 1. The predicted octanol–water partition coefficient (Wildman–Crippen LogP) is 1.80. The van der Waals surface area contributed by atoms with E-state index in [-0.39, 0.29) is 5.91 Å². The molecular formula is C16H24N4O. The highest BCUT2D eigenvalue weighted by atomic mass is 16.2. The summed E-state index contributed by atoms with van der Waals surface area (Å²) < 4.78 is 0. The highest BCUT2D eigenvalue weighted by Crippen LogP contribution is 2.31. The zero-order valence-corrected chi connectivity index (χ0v) is 13.1. The molecule has 1 fully saturated rings. The van der Waals surface area contributed by atoms with Crippen LogP contribution in [0.15, 0.2) is 0 Å². The van der Waals surface area contributed by atoms with Gasteiger partial charge in [0, 0.05) is 36.7 Å². The van der Waals surface area contributed by atoms with Gasteiger partial charge in [-0.2, -0.15) is 0 Å². The molecule has 114 valence electrons. The van der Waals surface area contributed by atoms with Gasteiger partial charge in [-0.25, -0.2) is 9.97 Å². The van der Waals surface area contributed by atoms with Gasteiger partial charge in [-0.05, 0) is 32.2 Å². The van der Waals surface area contributed by atoms with Crippen LogP contribution in [-0.2, 0) is 11.2 Å². The molecule has 0 bridgehead atoms. The summed E-state index contributed by atoms with van der Waals surface area (Å²) in [6.07, 6.45) is 2.43. The standard InChI is InChI=1S/C16H24N4O/c1-10(2)9-20-14(21)5-4-13-11(3)18-15(19-16(13)20)12-6-7-17-8-12/h10,12,17H,4-9H2,1-3H3/t12-/m0/s1. The van der Waals surface area contributed by atoms with Crippen LogP contribution >= 0.6 is 0 Å². The van der Waals surface area contributed by atoms with Crippen molar-refractivity contribution in [2.24, 2.45) is 5.92 Å². The Morgan fingerprint density at radius 1 is 1.33 bits per heavy atom. The lowest BCUT2D eigenvalue weighted by Crippen LogP contribution is -2.39. The van der Waals surface area contributed by atoms with Gasteiger partial charge in [0.05, 0.1) is 0 Å². The molecule has 3 heterocycles. The van der Waals surface area contributed by atoms with Crippen molar-refractivity contribution in [3.8, 4) is 0 Å². The molecule has 3 rings (SSSR count). The molecule has 5 heteroatoms. The minimum absolute atomic E-state index is 0.199. The first-order valence-corrected chi connectivity index (χ1v) is 7.94. The number of aromatic nitrogens is 2. The highest BCUT2D eigenvalue weighted by molar-refractivity contribution is 5.95. The third-order valence-electron chi connectivity index (χ3n) is 4.33. The number of nitrogens with one attached hydrogen (secondary N) is 1. The fourth-order valence-corrected chi connectivity index (χ4v) is 3.21. The van der Waals surface area contributed by atoms with Gasteiger partial charge in [-0.15, -0.1) is 0 Å². The van der Waals surface area contributed by atoms with Crippen molar-refractivity contribution in [3.63, 3.8) is 0 Å². The van der Waals surface area contributed by atoms with Crippen molar-refractivity contribution in [2.75, 3.05) is 24.5 Å². The fraction of sp³-hybridized carbons (Fsp3) is 0.688. The highest BCUT2D eigenvalue weighted by Gasteiger charge is 2.30. The van der Waals surface area contributed by atoms with Gasteiger partial charge in [-0.3, -0.25) is 9.69 Å². The third-order valence-corrected chi connectivity index (χ3v) is 4.33. The van der Waals surface area contributed by atoms with E-state index in [1.165, 1.54) is 0 Å². The van der Waals surface area contributed by atoms with E-state index >= 15 is 0 Å². The summed E-state index contributed by atoms with van der Waals surface area (Å²) >= 11 is 0. The first kappa shape index (κ1) is 14.4. The van der Waals surface area contributed by atoms with Crippen LogP contribution in [0.25, 0.3) is 0 Å². The number of rotatable bonds is 3. The van der Waals surface area contributed by atoms with Crippen molar-refractivity contribution in [3.05, 3.63) is 17.1 Å². The number of nitrogens with zero attached hydrogens (tertiary/aromatic N) is 3. The van der Waals surface area contributed by atoms with E-state index in [0.29, 0.717) is 18.3 Å². The zero-order chi connectivity index (χ0) is 15.0. The maximum Gasteiger partial charge on any atom is 0.228 e. The monoisotopic (exact) mass is 288 g/mol. The van der Waals surface area contributed by atoms with Crippen LogP contribution in [0.4, 0.5) is 5.82 Å². The fourth-order valence-electron chi connectivity index (χ4n) is 3.21. The average molecular weight is 288 g/mol. The smallest absolute Gasteiger partial charge is 0.228 e. The van der Waals surface area contributed by atoms with Crippen molar-refractivity contribution in [2.45, 2.75) is 46.0 Å². The van der Waals surface area contributed by atoms with Crippen LogP contribution in [0, 0.1) is 12.8 Å².